The molecule has 0 aliphatic rings. The van der Waals surface area contributed by atoms with E-state index in [2.05, 4.69) is 0 Å². The number of rotatable bonds is 6. The van der Waals surface area contributed by atoms with Gasteiger partial charge in [-0.1, -0.05) is 12.1 Å². The molecule has 0 radical (unpaired) electrons. The van der Waals surface area contributed by atoms with Crippen molar-refractivity contribution in [3.8, 4) is 11.5 Å². The van der Waals surface area contributed by atoms with Crippen molar-refractivity contribution in [1.29, 1.82) is 0 Å². The number of ether oxygens (including phenoxy) is 1. The minimum Gasteiger partial charge on any atom is -0.504 e. The van der Waals surface area contributed by atoms with Crippen LogP contribution < -0.4 is 10.5 Å². The van der Waals surface area contributed by atoms with Gasteiger partial charge in [0.1, 0.15) is 0 Å². The third kappa shape index (κ3) is 3.12. The van der Waals surface area contributed by atoms with Crippen LogP contribution in [0.3, 0.4) is 0 Å². The molecule has 1 atom stereocenters. The number of phenols is 1. The Balaban J connectivity index is 2.83. The van der Waals surface area contributed by atoms with E-state index in [1.807, 2.05) is 19.1 Å². The van der Waals surface area contributed by atoms with Crippen LogP contribution in [0.1, 0.15) is 12.5 Å². The van der Waals surface area contributed by atoms with Gasteiger partial charge in [0, 0.05) is 6.61 Å². The first-order valence-electron chi connectivity index (χ1n) is 5.47. The Hall–Kier alpha value is -1.26. The van der Waals surface area contributed by atoms with Gasteiger partial charge in [-0.05, 0) is 37.4 Å². The second-order valence-corrected chi connectivity index (χ2v) is 3.69. The Bertz CT molecular complexity index is 324. The number of aromatic hydroxyl groups is 1. The van der Waals surface area contributed by atoms with Crippen LogP contribution in [0.5, 0.6) is 11.5 Å². The van der Waals surface area contributed by atoms with E-state index < -0.39 is 0 Å². The SMILES string of the molecule is CCOc1cccc(CC(CN)CO)c1O. The molecule has 4 N–H and O–H groups in total. The Morgan fingerprint density at radius 2 is 2.19 bits per heavy atom. The molecule has 0 aliphatic carbocycles. The molecule has 1 unspecified atom stereocenters. The predicted octanol–water partition coefficient (Wildman–Crippen LogP) is 0.901. The van der Waals surface area contributed by atoms with Crippen molar-refractivity contribution in [2.24, 2.45) is 11.7 Å². The van der Waals surface area contributed by atoms with E-state index >= 15 is 0 Å². The summed E-state index contributed by atoms with van der Waals surface area (Å²) in [6, 6.07) is 5.36. The average Bonchev–Trinajstić information content (AvgIpc) is 2.30. The van der Waals surface area contributed by atoms with Crippen LogP contribution in [0.4, 0.5) is 0 Å². The Labute approximate surface area is 95.7 Å². The summed E-state index contributed by atoms with van der Waals surface area (Å²) in [6.45, 7) is 2.80. The molecule has 4 nitrogen and oxygen atoms in total. The summed E-state index contributed by atoms with van der Waals surface area (Å²) in [4.78, 5) is 0. The van der Waals surface area contributed by atoms with E-state index in [4.69, 9.17) is 15.6 Å². The molecular weight excluding hydrogens is 206 g/mol. The van der Waals surface area contributed by atoms with Crippen molar-refractivity contribution in [1.82, 2.24) is 0 Å². The van der Waals surface area contributed by atoms with E-state index in [0.29, 0.717) is 25.3 Å². The molecule has 0 saturated heterocycles. The van der Waals surface area contributed by atoms with E-state index in [1.54, 1.807) is 6.07 Å². The van der Waals surface area contributed by atoms with Gasteiger partial charge in [0.25, 0.3) is 0 Å². The van der Waals surface area contributed by atoms with Crippen LogP contribution in [0.2, 0.25) is 0 Å². The Morgan fingerprint density at radius 3 is 2.75 bits per heavy atom. The lowest BCUT2D eigenvalue weighted by Gasteiger charge is -2.14. The summed E-state index contributed by atoms with van der Waals surface area (Å²) < 4.78 is 5.28. The molecule has 0 bridgehead atoms. The van der Waals surface area contributed by atoms with Gasteiger partial charge in [-0.15, -0.1) is 0 Å². The Kier molecular flexibility index (Phi) is 5.08. The van der Waals surface area contributed by atoms with Crippen LogP contribution in [0, 0.1) is 5.92 Å². The molecule has 90 valence electrons. The van der Waals surface area contributed by atoms with E-state index in [0.717, 1.165) is 5.56 Å². The van der Waals surface area contributed by atoms with Crippen LogP contribution in [-0.4, -0.2) is 30.0 Å². The number of aliphatic hydroxyl groups is 1. The van der Waals surface area contributed by atoms with Crippen LogP contribution in [0.15, 0.2) is 18.2 Å². The summed E-state index contributed by atoms with van der Waals surface area (Å²) in [5.74, 6) is 0.604. The highest BCUT2D eigenvalue weighted by molar-refractivity contribution is 5.45. The van der Waals surface area contributed by atoms with Gasteiger partial charge in [0.15, 0.2) is 11.5 Å². The molecule has 0 spiro atoms. The first-order chi connectivity index (χ1) is 7.72. The topological polar surface area (TPSA) is 75.7 Å². The third-order valence-corrected chi connectivity index (χ3v) is 2.48. The first kappa shape index (κ1) is 12.8. The lowest BCUT2D eigenvalue weighted by molar-refractivity contribution is 0.228. The molecule has 0 amide bonds. The zero-order valence-corrected chi connectivity index (χ0v) is 9.52. The monoisotopic (exact) mass is 225 g/mol. The summed E-state index contributed by atoms with van der Waals surface area (Å²) in [7, 11) is 0. The number of nitrogens with two attached hydrogens (primary N) is 1. The zero-order valence-electron chi connectivity index (χ0n) is 9.52. The number of hydrogen-bond acceptors (Lipinski definition) is 4. The molecule has 0 heterocycles. The van der Waals surface area contributed by atoms with Gasteiger partial charge < -0.3 is 20.7 Å². The van der Waals surface area contributed by atoms with Crippen LogP contribution in [0.25, 0.3) is 0 Å². The minimum atomic E-state index is -0.0252. The van der Waals surface area contributed by atoms with E-state index in [-0.39, 0.29) is 18.3 Å². The smallest absolute Gasteiger partial charge is 0.161 e. The van der Waals surface area contributed by atoms with Crippen molar-refractivity contribution >= 4 is 0 Å². The summed E-state index contributed by atoms with van der Waals surface area (Å²) in [5, 5.41) is 19.0. The minimum absolute atomic E-state index is 0.0226. The van der Waals surface area contributed by atoms with Gasteiger partial charge in [0.2, 0.25) is 0 Å². The van der Waals surface area contributed by atoms with E-state index in [9.17, 15) is 5.11 Å². The fourth-order valence-electron chi connectivity index (χ4n) is 1.54. The van der Waals surface area contributed by atoms with Crippen LogP contribution >= 0.6 is 0 Å². The lowest BCUT2D eigenvalue weighted by Crippen LogP contribution is -2.20. The maximum Gasteiger partial charge on any atom is 0.161 e. The molecule has 0 saturated carbocycles. The normalized spacial score (nSPS) is 12.4. The standard InChI is InChI=1S/C12H19NO3/c1-2-16-11-5-3-4-10(12(11)15)6-9(7-13)8-14/h3-5,9,14-15H,2,6-8,13H2,1H3. The van der Waals surface area contributed by atoms with Gasteiger partial charge in [-0.3, -0.25) is 0 Å². The molecule has 1 aromatic carbocycles. The number of para-hydroxylation sites is 1. The fourth-order valence-corrected chi connectivity index (χ4v) is 1.54. The molecule has 0 fully saturated rings. The molecular formula is C12H19NO3. The fraction of sp³-hybridized carbons (Fsp3) is 0.500. The highest BCUT2D eigenvalue weighted by Gasteiger charge is 2.12. The number of hydrogen-bond donors (Lipinski definition) is 3. The van der Waals surface area contributed by atoms with Gasteiger partial charge in [-0.2, -0.15) is 0 Å². The van der Waals surface area contributed by atoms with Crippen molar-refractivity contribution in [3.63, 3.8) is 0 Å². The molecule has 1 aromatic rings. The number of benzene rings is 1. The highest BCUT2D eigenvalue weighted by atomic mass is 16.5. The summed E-state index contributed by atoms with van der Waals surface area (Å²) >= 11 is 0. The van der Waals surface area contributed by atoms with Crippen molar-refractivity contribution in [2.45, 2.75) is 13.3 Å². The maximum atomic E-state index is 9.91. The largest absolute Gasteiger partial charge is 0.504 e. The summed E-state index contributed by atoms with van der Waals surface area (Å²) in [6.07, 6.45) is 0.555. The van der Waals surface area contributed by atoms with Crippen molar-refractivity contribution in [3.05, 3.63) is 23.8 Å². The quantitative estimate of drug-likeness (QED) is 0.672. The Morgan fingerprint density at radius 1 is 1.44 bits per heavy atom. The van der Waals surface area contributed by atoms with Crippen molar-refractivity contribution in [2.75, 3.05) is 19.8 Å². The molecule has 16 heavy (non-hydrogen) atoms. The van der Waals surface area contributed by atoms with Gasteiger partial charge in [-0.25, -0.2) is 0 Å². The first-order valence-corrected chi connectivity index (χ1v) is 5.47. The predicted molar refractivity (Wildman–Crippen MR) is 62.6 cm³/mol. The second-order valence-electron chi connectivity index (χ2n) is 3.69. The number of aliphatic hydroxyl groups excluding tert-OH is 1. The molecule has 1 rings (SSSR count). The molecule has 0 aromatic heterocycles. The zero-order chi connectivity index (χ0) is 12.0. The lowest BCUT2D eigenvalue weighted by atomic mass is 9.99. The van der Waals surface area contributed by atoms with Gasteiger partial charge in [0.05, 0.1) is 6.61 Å². The number of phenolic OH excluding ortho intramolecular Hbond substituents is 1. The van der Waals surface area contributed by atoms with Gasteiger partial charge >= 0.3 is 0 Å². The average molecular weight is 225 g/mol. The van der Waals surface area contributed by atoms with E-state index in [1.165, 1.54) is 0 Å². The maximum absolute atomic E-state index is 9.91. The summed E-state index contributed by atoms with van der Waals surface area (Å²) in [5.41, 5.74) is 6.26. The molecule has 4 heteroatoms. The third-order valence-electron chi connectivity index (χ3n) is 2.48. The highest BCUT2D eigenvalue weighted by Crippen LogP contribution is 2.31. The molecule has 0 aliphatic heterocycles. The second kappa shape index (κ2) is 6.35. The van der Waals surface area contributed by atoms with Crippen molar-refractivity contribution < 1.29 is 14.9 Å². The van der Waals surface area contributed by atoms with Crippen LogP contribution in [-0.2, 0) is 6.42 Å².